The highest BCUT2D eigenvalue weighted by atomic mass is 32.1. The van der Waals surface area contributed by atoms with E-state index in [1.54, 1.807) is 18.2 Å². The Labute approximate surface area is 156 Å². The number of carbonyl (C=O) groups excluding carboxylic acids is 1. The van der Waals surface area contributed by atoms with Gasteiger partial charge in [-0.1, -0.05) is 24.3 Å². The summed E-state index contributed by atoms with van der Waals surface area (Å²) < 4.78 is 51.7. The molecule has 1 amide bonds. The molecule has 1 aromatic heterocycles. The van der Waals surface area contributed by atoms with Crippen molar-refractivity contribution in [3.63, 3.8) is 0 Å². The van der Waals surface area contributed by atoms with Gasteiger partial charge in [-0.3, -0.25) is 4.79 Å². The molecule has 0 spiro atoms. The van der Waals surface area contributed by atoms with Crippen LogP contribution in [-0.4, -0.2) is 22.8 Å². The third kappa shape index (κ3) is 4.33. The van der Waals surface area contributed by atoms with Gasteiger partial charge in [-0.05, 0) is 29.8 Å². The lowest BCUT2D eigenvalue weighted by Gasteiger charge is -2.16. The molecule has 0 atom stereocenters. The van der Waals surface area contributed by atoms with Gasteiger partial charge in [0, 0.05) is 24.5 Å². The van der Waals surface area contributed by atoms with Crippen molar-refractivity contribution in [2.75, 3.05) is 7.05 Å². The fourth-order valence-corrected chi connectivity index (χ4v) is 3.29. The van der Waals surface area contributed by atoms with Gasteiger partial charge in [0.25, 0.3) is 5.91 Å². The normalized spacial score (nSPS) is 11.4. The van der Waals surface area contributed by atoms with E-state index < -0.39 is 23.5 Å². The molecule has 0 N–H and O–H groups in total. The Morgan fingerprint density at radius 2 is 1.78 bits per heavy atom. The fraction of sp³-hybridized carbons (Fsp3) is 0.158. The molecule has 0 aliphatic rings. The average Bonchev–Trinajstić information content (AvgIpc) is 3.11. The molecule has 3 aromatic rings. The van der Waals surface area contributed by atoms with Gasteiger partial charge in [0.05, 0.1) is 5.56 Å². The predicted molar refractivity (Wildman–Crippen MR) is 94.7 cm³/mol. The molecule has 1 heterocycles. The minimum absolute atomic E-state index is 0.129. The molecule has 0 radical (unpaired) electrons. The van der Waals surface area contributed by atoms with E-state index in [4.69, 9.17) is 0 Å². The van der Waals surface area contributed by atoms with Crippen LogP contribution in [0.3, 0.4) is 0 Å². The molecular formula is C19H14F4N2OS. The molecule has 27 heavy (non-hydrogen) atoms. The third-order valence-electron chi connectivity index (χ3n) is 3.88. The molecule has 0 fully saturated rings. The first-order chi connectivity index (χ1) is 12.8. The van der Waals surface area contributed by atoms with Crippen LogP contribution in [0, 0.1) is 5.82 Å². The second-order valence-electron chi connectivity index (χ2n) is 5.87. The van der Waals surface area contributed by atoms with E-state index in [1.165, 1.54) is 35.5 Å². The molecule has 8 heteroatoms. The number of amides is 1. The van der Waals surface area contributed by atoms with Crippen molar-refractivity contribution < 1.29 is 22.4 Å². The van der Waals surface area contributed by atoms with Crippen LogP contribution >= 0.6 is 11.3 Å². The lowest BCUT2D eigenvalue weighted by molar-refractivity contribution is -0.137. The third-order valence-corrected chi connectivity index (χ3v) is 4.75. The van der Waals surface area contributed by atoms with Crippen molar-refractivity contribution >= 4 is 17.2 Å². The number of halogens is 4. The highest BCUT2D eigenvalue weighted by Crippen LogP contribution is 2.29. The Morgan fingerprint density at radius 3 is 2.41 bits per heavy atom. The van der Waals surface area contributed by atoms with E-state index in [-0.39, 0.29) is 12.2 Å². The fourth-order valence-electron chi connectivity index (χ4n) is 2.47. The van der Waals surface area contributed by atoms with E-state index in [0.29, 0.717) is 16.1 Å². The number of nitrogens with zero attached hydrogens (tertiary/aromatic N) is 2. The van der Waals surface area contributed by atoms with Gasteiger partial charge in [0.2, 0.25) is 0 Å². The number of hydrogen-bond acceptors (Lipinski definition) is 3. The van der Waals surface area contributed by atoms with Crippen LogP contribution in [0.2, 0.25) is 0 Å². The minimum Gasteiger partial charge on any atom is -0.336 e. The lowest BCUT2D eigenvalue weighted by atomic mass is 10.1. The Hall–Kier alpha value is -2.74. The molecular weight excluding hydrogens is 380 g/mol. The highest BCUT2D eigenvalue weighted by molar-refractivity contribution is 7.13. The van der Waals surface area contributed by atoms with Gasteiger partial charge < -0.3 is 4.90 Å². The highest BCUT2D eigenvalue weighted by Gasteiger charge is 2.30. The van der Waals surface area contributed by atoms with E-state index in [9.17, 15) is 22.4 Å². The van der Waals surface area contributed by atoms with Gasteiger partial charge in [-0.25, -0.2) is 9.37 Å². The summed E-state index contributed by atoms with van der Waals surface area (Å²) in [4.78, 5) is 18.0. The second-order valence-corrected chi connectivity index (χ2v) is 6.73. The van der Waals surface area contributed by atoms with Crippen molar-refractivity contribution in [1.29, 1.82) is 0 Å². The summed E-state index contributed by atoms with van der Waals surface area (Å²) in [6.45, 7) is 0.129. The molecule has 0 saturated heterocycles. The number of aromatic nitrogens is 1. The van der Waals surface area contributed by atoms with Gasteiger partial charge in [-0.15, -0.1) is 11.3 Å². The van der Waals surface area contributed by atoms with Gasteiger partial charge in [0.15, 0.2) is 0 Å². The zero-order chi connectivity index (χ0) is 19.6. The van der Waals surface area contributed by atoms with Crippen LogP contribution in [0.4, 0.5) is 17.6 Å². The Balaban J connectivity index is 1.72. The first-order valence-corrected chi connectivity index (χ1v) is 8.75. The molecule has 3 nitrogen and oxygen atoms in total. The second kappa shape index (κ2) is 7.48. The van der Waals surface area contributed by atoms with Gasteiger partial charge in [-0.2, -0.15) is 13.2 Å². The lowest BCUT2D eigenvalue weighted by Crippen LogP contribution is -2.26. The molecule has 0 aliphatic carbocycles. The molecule has 3 rings (SSSR count). The smallest absolute Gasteiger partial charge is 0.336 e. The first-order valence-electron chi connectivity index (χ1n) is 7.88. The number of thiazole rings is 1. The molecule has 0 saturated carbocycles. The van der Waals surface area contributed by atoms with Crippen molar-refractivity contribution in [1.82, 2.24) is 9.88 Å². The van der Waals surface area contributed by atoms with E-state index in [0.717, 1.165) is 23.5 Å². The predicted octanol–water partition coefficient (Wildman–Crippen LogP) is 5.24. The van der Waals surface area contributed by atoms with Crippen LogP contribution in [0.15, 0.2) is 53.9 Å². The largest absolute Gasteiger partial charge is 0.416 e. The maximum Gasteiger partial charge on any atom is 0.416 e. The molecule has 0 unspecified atom stereocenters. The van der Waals surface area contributed by atoms with E-state index in [2.05, 4.69) is 4.98 Å². The quantitative estimate of drug-likeness (QED) is 0.567. The summed E-state index contributed by atoms with van der Waals surface area (Å²) in [5, 5.41) is 1.92. The average molecular weight is 394 g/mol. The van der Waals surface area contributed by atoms with E-state index >= 15 is 0 Å². The molecule has 0 bridgehead atoms. The van der Waals surface area contributed by atoms with Crippen molar-refractivity contribution in [2.24, 2.45) is 0 Å². The first kappa shape index (κ1) is 19.0. The number of hydrogen-bond donors (Lipinski definition) is 0. The Bertz CT molecular complexity index is 951. The van der Waals surface area contributed by atoms with E-state index in [1.807, 2.05) is 0 Å². The maximum atomic E-state index is 13.8. The maximum absolute atomic E-state index is 13.8. The number of rotatable bonds is 4. The summed E-state index contributed by atoms with van der Waals surface area (Å²) >= 11 is 1.15. The Kier molecular flexibility index (Phi) is 5.27. The monoisotopic (exact) mass is 394 g/mol. The standard InChI is InChI=1S/C19H14F4N2OS/c1-25(10-12-6-8-13(9-7-12)19(21,22)23)18(26)16-11-27-17(24-16)14-4-2-3-5-15(14)20/h2-9,11H,10H2,1H3. The van der Waals surface area contributed by atoms with Crippen LogP contribution in [0.5, 0.6) is 0 Å². The zero-order valence-corrected chi connectivity index (χ0v) is 14.9. The number of carbonyl (C=O) groups is 1. The SMILES string of the molecule is CN(Cc1ccc(C(F)(F)F)cc1)C(=O)c1csc(-c2ccccc2F)n1. The van der Waals surface area contributed by atoms with Crippen molar-refractivity contribution in [3.05, 3.63) is 76.5 Å². The summed E-state index contributed by atoms with van der Waals surface area (Å²) in [7, 11) is 1.53. The van der Waals surface area contributed by atoms with Gasteiger partial charge >= 0.3 is 6.18 Å². The number of alkyl halides is 3. The van der Waals surface area contributed by atoms with Crippen LogP contribution in [0.1, 0.15) is 21.6 Å². The summed E-state index contributed by atoms with van der Waals surface area (Å²) in [5.74, 6) is -0.822. The summed E-state index contributed by atoms with van der Waals surface area (Å²) in [5.41, 5.74) is 0.289. The van der Waals surface area contributed by atoms with Crippen LogP contribution < -0.4 is 0 Å². The zero-order valence-electron chi connectivity index (χ0n) is 14.1. The van der Waals surface area contributed by atoms with Crippen LogP contribution in [0.25, 0.3) is 10.6 Å². The summed E-state index contributed by atoms with van der Waals surface area (Å²) in [6, 6.07) is 10.8. The van der Waals surface area contributed by atoms with Crippen LogP contribution in [-0.2, 0) is 12.7 Å². The minimum atomic E-state index is -4.40. The molecule has 140 valence electrons. The van der Waals surface area contributed by atoms with Gasteiger partial charge in [0.1, 0.15) is 16.5 Å². The Morgan fingerprint density at radius 1 is 1.11 bits per heavy atom. The number of benzene rings is 2. The summed E-state index contributed by atoms with van der Waals surface area (Å²) in [6.07, 6.45) is -4.40. The van der Waals surface area contributed by atoms with Crippen molar-refractivity contribution in [2.45, 2.75) is 12.7 Å². The molecule has 2 aromatic carbocycles. The molecule has 0 aliphatic heterocycles. The van der Waals surface area contributed by atoms with Crippen molar-refractivity contribution in [3.8, 4) is 10.6 Å². The topological polar surface area (TPSA) is 33.2 Å².